The molecule has 0 aliphatic rings. The Hall–Kier alpha value is -1.42. The minimum atomic E-state index is -0.355. The molecule has 0 aromatic heterocycles. The first-order chi connectivity index (χ1) is 7.17. The Morgan fingerprint density at radius 2 is 2.00 bits per heavy atom. The largest absolute Gasteiger partial charge is 0.300 e. The molecular weight excluding hydrogens is 192 g/mol. The maximum absolute atomic E-state index is 10.6. The van der Waals surface area contributed by atoms with Crippen LogP contribution in [-0.4, -0.2) is 22.9 Å². The first-order valence-electron chi connectivity index (χ1n) is 5.13. The number of hydrogen-bond donors (Lipinski definition) is 0. The van der Waals surface area contributed by atoms with Crippen molar-refractivity contribution in [3.63, 3.8) is 0 Å². The molecule has 0 aliphatic heterocycles. The molecule has 1 rings (SSSR count). The van der Waals surface area contributed by atoms with E-state index in [-0.39, 0.29) is 10.6 Å². The van der Waals surface area contributed by atoms with Crippen LogP contribution in [0.25, 0.3) is 0 Å². The zero-order chi connectivity index (χ0) is 11.3. The molecule has 82 valence electrons. The lowest BCUT2D eigenvalue weighted by molar-refractivity contribution is -0.384. The molecule has 4 heteroatoms. The van der Waals surface area contributed by atoms with Crippen molar-refractivity contribution in [2.24, 2.45) is 0 Å². The lowest BCUT2D eigenvalue weighted by Crippen LogP contribution is -2.22. The second-order valence-electron chi connectivity index (χ2n) is 3.39. The third kappa shape index (κ3) is 3.32. The van der Waals surface area contributed by atoms with Gasteiger partial charge in [0.05, 0.1) is 4.92 Å². The van der Waals surface area contributed by atoms with Crippen LogP contribution < -0.4 is 0 Å². The predicted molar refractivity (Wildman–Crippen MR) is 59.7 cm³/mol. The van der Waals surface area contributed by atoms with Crippen LogP contribution in [0.3, 0.4) is 0 Å². The summed E-state index contributed by atoms with van der Waals surface area (Å²) in [5, 5.41) is 10.6. The molecule has 0 unspecified atom stereocenters. The minimum absolute atomic E-state index is 0.166. The summed E-state index contributed by atoms with van der Waals surface area (Å²) in [6, 6.07) is 6.81. The Balaban J connectivity index is 2.77. The Labute approximate surface area is 89.7 Å². The molecule has 0 fully saturated rings. The van der Waals surface area contributed by atoms with Crippen LogP contribution in [0.4, 0.5) is 5.69 Å². The maximum Gasteiger partial charge on any atom is 0.269 e. The van der Waals surface area contributed by atoms with Gasteiger partial charge in [-0.25, -0.2) is 0 Å². The predicted octanol–water partition coefficient (Wildman–Crippen LogP) is 2.44. The van der Waals surface area contributed by atoms with Crippen molar-refractivity contribution >= 4 is 5.69 Å². The molecule has 0 bridgehead atoms. The van der Waals surface area contributed by atoms with Crippen LogP contribution in [0.5, 0.6) is 0 Å². The normalized spacial score (nSPS) is 10.6. The molecule has 0 saturated heterocycles. The molecule has 1 aromatic rings. The summed E-state index contributed by atoms with van der Waals surface area (Å²) in [6.07, 6.45) is 0. The van der Waals surface area contributed by atoms with E-state index in [0.29, 0.717) is 0 Å². The number of rotatable bonds is 5. The van der Waals surface area contributed by atoms with Gasteiger partial charge in [-0.2, -0.15) is 0 Å². The zero-order valence-electron chi connectivity index (χ0n) is 9.14. The highest BCUT2D eigenvalue weighted by atomic mass is 16.6. The highest BCUT2D eigenvalue weighted by molar-refractivity contribution is 5.34. The molecule has 0 amide bonds. The average Bonchev–Trinajstić information content (AvgIpc) is 2.26. The van der Waals surface area contributed by atoms with Gasteiger partial charge in [-0.1, -0.05) is 26.0 Å². The molecular formula is C11H16N2O2. The van der Waals surface area contributed by atoms with Gasteiger partial charge in [0.1, 0.15) is 0 Å². The van der Waals surface area contributed by atoms with E-state index in [1.54, 1.807) is 12.1 Å². The van der Waals surface area contributed by atoms with Gasteiger partial charge in [0.15, 0.2) is 0 Å². The molecule has 0 heterocycles. The molecule has 0 aliphatic carbocycles. The van der Waals surface area contributed by atoms with Gasteiger partial charge in [-0.05, 0) is 18.7 Å². The van der Waals surface area contributed by atoms with Crippen molar-refractivity contribution < 1.29 is 4.92 Å². The van der Waals surface area contributed by atoms with E-state index in [1.807, 2.05) is 6.07 Å². The second kappa shape index (κ2) is 5.46. The van der Waals surface area contributed by atoms with Crippen molar-refractivity contribution in [3.05, 3.63) is 39.9 Å². The third-order valence-corrected chi connectivity index (χ3v) is 2.42. The van der Waals surface area contributed by atoms with Gasteiger partial charge in [-0.15, -0.1) is 0 Å². The number of nitrogens with zero attached hydrogens (tertiary/aromatic N) is 2. The van der Waals surface area contributed by atoms with Gasteiger partial charge in [0.2, 0.25) is 0 Å². The lowest BCUT2D eigenvalue weighted by Gasteiger charge is -2.17. The fourth-order valence-electron chi connectivity index (χ4n) is 1.47. The van der Waals surface area contributed by atoms with Crippen molar-refractivity contribution in [2.45, 2.75) is 20.4 Å². The average molecular weight is 208 g/mol. The maximum atomic E-state index is 10.6. The van der Waals surface area contributed by atoms with Crippen LogP contribution in [0.1, 0.15) is 19.4 Å². The highest BCUT2D eigenvalue weighted by Crippen LogP contribution is 2.14. The van der Waals surface area contributed by atoms with Crippen LogP contribution in [0.2, 0.25) is 0 Å². The summed E-state index contributed by atoms with van der Waals surface area (Å²) in [5.41, 5.74) is 1.16. The van der Waals surface area contributed by atoms with E-state index >= 15 is 0 Å². The van der Waals surface area contributed by atoms with Crippen LogP contribution in [0, 0.1) is 10.1 Å². The summed E-state index contributed by atoms with van der Waals surface area (Å²) < 4.78 is 0. The SMILES string of the molecule is CCN(CC)Cc1cccc([N+](=O)[O-])c1. The van der Waals surface area contributed by atoms with Gasteiger partial charge < -0.3 is 0 Å². The Morgan fingerprint density at radius 1 is 1.33 bits per heavy atom. The van der Waals surface area contributed by atoms with Gasteiger partial charge in [-0.3, -0.25) is 15.0 Å². The minimum Gasteiger partial charge on any atom is -0.300 e. The van der Waals surface area contributed by atoms with Gasteiger partial charge in [0.25, 0.3) is 5.69 Å². The second-order valence-corrected chi connectivity index (χ2v) is 3.39. The van der Waals surface area contributed by atoms with Crippen LogP contribution >= 0.6 is 0 Å². The molecule has 4 nitrogen and oxygen atoms in total. The molecule has 0 N–H and O–H groups in total. The van der Waals surface area contributed by atoms with Crippen LogP contribution in [0.15, 0.2) is 24.3 Å². The van der Waals surface area contributed by atoms with Crippen LogP contribution in [-0.2, 0) is 6.54 Å². The van der Waals surface area contributed by atoms with E-state index in [0.717, 1.165) is 25.2 Å². The smallest absolute Gasteiger partial charge is 0.269 e. The monoisotopic (exact) mass is 208 g/mol. The standard InChI is InChI=1S/C11H16N2O2/c1-3-12(4-2)9-10-6-5-7-11(8-10)13(14)15/h5-8H,3-4,9H2,1-2H3. The van der Waals surface area contributed by atoms with E-state index in [1.165, 1.54) is 6.07 Å². The lowest BCUT2D eigenvalue weighted by atomic mass is 10.2. The molecule has 1 aromatic carbocycles. The van der Waals surface area contributed by atoms with Crippen molar-refractivity contribution in [1.29, 1.82) is 0 Å². The number of non-ortho nitro benzene ring substituents is 1. The Bertz CT molecular complexity index is 335. The fraction of sp³-hybridized carbons (Fsp3) is 0.455. The van der Waals surface area contributed by atoms with Crippen molar-refractivity contribution in [3.8, 4) is 0 Å². The first-order valence-corrected chi connectivity index (χ1v) is 5.13. The van der Waals surface area contributed by atoms with Crippen molar-refractivity contribution in [2.75, 3.05) is 13.1 Å². The quantitative estimate of drug-likeness (QED) is 0.551. The summed E-state index contributed by atoms with van der Waals surface area (Å²) in [7, 11) is 0. The van der Waals surface area contributed by atoms with E-state index in [4.69, 9.17) is 0 Å². The van der Waals surface area contributed by atoms with Gasteiger partial charge in [0, 0.05) is 18.7 Å². The zero-order valence-corrected chi connectivity index (χ0v) is 9.14. The fourth-order valence-corrected chi connectivity index (χ4v) is 1.47. The van der Waals surface area contributed by atoms with E-state index in [9.17, 15) is 10.1 Å². The Morgan fingerprint density at radius 3 is 2.53 bits per heavy atom. The molecule has 15 heavy (non-hydrogen) atoms. The third-order valence-electron chi connectivity index (χ3n) is 2.42. The van der Waals surface area contributed by atoms with Crippen molar-refractivity contribution in [1.82, 2.24) is 4.90 Å². The molecule has 0 saturated carbocycles. The first kappa shape index (κ1) is 11.7. The van der Waals surface area contributed by atoms with E-state index in [2.05, 4.69) is 18.7 Å². The summed E-state index contributed by atoms with van der Waals surface area (Å²) in [6.45, 7) is 6.86. The topological polar surface area (TPSA) is 46.4 Å². The molecule has 0 spiro atoms. The number of hydrogen-bond acceptors (Lipinski definition) is 3. The molecule has 0 radical (unpaired) electrons. The summed E-state index contributed by atoms with van der Waals surface area (Å²) in [4.78, 5) is 12.4. The molecule has 0 atom stereocenters. The van der Waals surface area contributed by atoms with Gasteiger partial charge >= 0.3 is 0 Å². The Kier molecular flexibility index (Phi) is 4.24. The number of nitro benzene ring substituents is 1. The number of benzene rings is 1. The summed E-state index contributed by atoms with van der Waals surface area (Å²) >= 11 is 0. The highest BCUT2D eigenvalue weighted by Gasteiger charge is 2.07. The number of nitro groups is 1. The van der Waals surface area contributed by atoms with E-state index < -0.39 is 0 Å². The summed E-state index contributed by atoms with van der Waals surface area (Å²) in [5.74, 6) is 0.